The molecule has 1 aromatic heterocycles. The zero-order chi connectivity index (χ0) is 16.1. The van der Waals surface area contributed by atoms with Crippen LogP contribution in [0.5, 0.6) is 0 Å². The summed E-state index contributed by atoms with van der Waals surface area (Å²) in [5.41, 5.74) is 2.81. The molecule has 0 bridgehead atoms. The van der Waals surface area contributed by atoms with Gasteiger partial charge in [-0.05, 0) is 31.7 Å². The maximum absolute atomic E-state index is 12.4. The summed E-state index contributed by atoms with van der Waals surface area (Å²) >= 11 is 0. The number of aryl methyl sites for hydroxylation is 2. The van der Waals surface area contributed by atoms with E-state index in [2.05, 4.69) is 36.5 Å². The van der Waals surface area contributed by atoms with Crippen molar-refractivity contribution in [1.29, 1.82) is 0 Å². The number of aromatic nitrogens is 1. The average molecular weight is 300 g/mol. The van der Waals surface area contributed by atoms with Crippen LogP contribution in [0.15, 0.2) is 34.9 Å². The standard InChI is InChI=1S/C18H24N2O2/c1-12(2)10-17(15-8-6-5-7-9-15)19-18(21)11-16-13(3)20-22-14(16)4/h5-9,12,17H,10-11H2,1-4H3,(H,19,21). The summed E-state index contributed by atoms with van der Waals surface area (Å²) in [7, 11) is 0. The van der Waals surface area contributed by atoms with Gasteiger partial charge >= 0.3 is 0 Å². The Morgan fingerprint density at radius 1 is 1.23 bits per heavy atom. The predicted octanol–water partition coefficient (Wildman–Crippen LogP) is 3.74. The summed E-state index contributed by atoms with van der Waals surface area (Å²) in [6, 6.07) is 10.1. The summed E-state index contributed by atoms with van der Waals surface area (Å²) < 4.78 is 5.12. The van der Waals surface area contributed by atoms with Gasteiger partial charge in [-0.25, -0.2) is 0 Å². The van der Waals surface area contributed by atoms with Crippen LogP contribution in [0.4, 0.5) is 0 Å². The van der Waals surface area contributed by atoms with Crippen molar-refractivity contribution in [2.75, 3.05) is 0 Å². The fourth-order valence-corrected chi connectivity index (χ4v) is 2.60. The molecule has 1 aromatic carbocycles. The van der Waals surface area contributed by atoms with Crippen LogP contribution >= 0.6 is 0 Å². The van der Waals surface area contributed by atoms with Crippen LogP contribution in [-0.4, -0.2) is 11.1 Å². The molecule has 0 radical (unpaired) electrons. The topological polar surface area (TPSA) is 55.1 Å². The van der Waals surface area contributed by atoms with E-state index in [4.69, 9.17) is 4.52 Å². The van der Waals surface area contributed by atoms with Gasteiger partial charge in [-0.3, -0.25) is 4.79 Å². The number of amides is 1. The predicted molar refractivity (Wildman–Crippen MR) is 86.5 cm³/mol. The molecular formula is C18H24N2O2. The molecule has 0 aliphatic heterocycles. The maximum atomic E-state index is 12.4. The lowest BCUT2D eigenvalue weighted by molar-refractivity contribution is -0.121. The van der Waals surface area contributed by atoms with E-state index in [0.717, 1.165) is 23.2 Å². The van der Waals surface area contributed by atoms with Crippen molar-refractivity contribution < 1.29 is 9.32 Å². The molecule has 1 amide bonds. The monoisotopic (exact) mass is 300 g/mol. The van der Waals surface area contributed by atoms with Gasteiger partial charge in [0.2, 0.25) is 5.91 Å². The van der Waals surface area contributed by atoms with Gasteiger partial charge in [-0.2, -0.15) is 0 Å². The minimum Gasteiger partial charge on any atom is -0.361 e. The lowest BCUT2D eigenvalue weighted by Gasteiger charge is -2.21. The number of hydrogen-bond acceptors (Lipinski definition) is 3. The zero-order valence-electron chi connectivity index (χ0n) is 13.7. The molecule has 0 spiro atoms. The number of carbonyl (C=O) groups excluding carboxylic acids is 1. The number of hydrogen-bond donors (Lipinski definition) is 1. The number of carbonyl (C=O) groups is 1. The van der Waals surface area contributed by atoms with Gasteiger partial charge < -0.3 is 9.84 Å². The Bertz CT molecular complexity index is 598. The minimum absolute atomic E-state index is 0.00361. The van der Waals surface area contributed by atoms with Crippen molar-refractivity contribution in [3.63, 3.8) is 0 Å². The average Bonchev–Trinajstić information content (AvgIpc) is 2.79. The molecule has 4 nitrogen and oxygen atoms in total. The van der Waals surface area contributed by atoms with Gasteiger partial charge in [0.1, 0.15) is 5.76 Å². The Hall–Kier alpha value is -2.10. The molecule has 0 aliphatic carbocycles. The highest BCUT2D eigenvalue weighted by molar-refractivity contribution is 5.79. The summed E-state index contributed by atoms with van der Waals surface area (Å²) in [6.45, 7) is 8.03. The summed E-state index contributed by atoms with van der Waals surface area (Å²) in [6.07, 6.45) is 1.22. The van der Waals surface area contributed by atoms with Crippen molar-refractivity contribution in [1.82, 2.24) is 10.5 Å². The third-order valence-electron chi connectivity index (χ3n) is 3.76. The van der Waals surface area contributed by atoms with Crippen LogP contribution in [0.1, 0.15) is 48.9 Å². The third kappa shape index (κ3) is 4.20. The first kappa shape index (κ1) is 16.3. The smallest absolute Gasteiger partial charge is 0.225 e. The van der Waals surface area contributed by atoms with Crippen LogP contribution in [0, 0.1) is 19.8 Å². The van der Waals surface area contributed by atoms with Crippen molar-refractivity contribution >= 4 is 5.91 Å². The van der Waals surface area contributed by atoms with E-state index in [-0.39, 0.29) is 11.9 Å². The minimum atomic E-state index is 0.00361. The van der Waals surface area contributed by atoms with E-state index in [1.807, 2.05) is 32.0 Å². The molecular weight excluding hydrogens is 276 g/mol. The van der Waals surface area contributed by atoms with E-state index in [0.29, 0.717) is 18.1 Å². The van der Waals surface area contributed by atoms with Crippen LogP contribution in [0.3, 0.4) is 0 Å². The van der Waals surface area contributed by atoms with Crippen LogP contribution in [0.2, 0.25) is 0 Å². The molecule has 1 N–H and O–H groups in total. The first-order valence-electron chi connectivity index (χ1n) is 7.73. The second kappa shape index (κ2) is 7.25. The van der Waals surface area contributed by atoms with Gasteiger partial charge in [0.05, 0.1) is 18.2 Å². The van der Waals surface area contributed by atoms with E-state index < -0.39 is 0 Å². The second-order valence-electron chi connectivity index (χ2n) is 6.14. The quantitative estimate of drug-likeness (QED) is 0.884. The first-order chi connectivity index (χ1) is 10.5. The summed E-state index contributed by atoms with van der Waals surface area (Å²) in [5.74, 6) is 1.22. The van der Waals surface area contributed by atoms with Crippen molar-refractivity contribution in [2.24, 2.45) is 5.92 Å². The molecule has 1 heterocycles. The molecule has 0 saturated carbocycles. The van der Waals surface area contributed by atoms with E-state index in [9.17, 15) is 4.79 Å². The highest BCUT2D eigenvalue weighted by Crippen LogP contribution is 2.21. The van der Waals surface area contributed by atoms with Gasteiger partial charge in [0.25, 0.3) is 0 Å². The van der Waals surface area contributed by atoms with Crippen LogP contribution in [0.25, 0.3) is 0 Å². The van der Waals surface area contributed by atoms with E-state index in [1.165, 1.54) is 0 Å². The molecule has 1 atom stereocenters. The maximum Gasteiger partial charge on any atom is 0.225 e. The molecule has 1 unspecified atom stereocenters. The Labute approximate surface area is 131 Å². The van der Waals surface area contributed by atoms with Crippen molar-refractivity contribution in [3.8, 4) is 0 Å². The molecule has 0 saturated heterocycles. The molecule has 2 rings (SSSR count). The van der Waals surface area contributed by atoms with E-state index >= 15 is 0 Å². The fourth-order valence-electron chi connectivity index (χ4n) is 2.60. The molecule has 0 aliphatic rings. The molecule has 4 heteroatoms. The van der Waals surface area contributed by atoms with Crippen LogP contribution < -0.4 is 5.32 Å². The molecule has 118 valence electrons. The number of benzene rings is 1. The molecule has 2 aromatic rings. The largest absolute Gasteiger partial charge is 0.361 e. The normalized spacial score (nSPS) is 12.4. The van der Waals surface area contributed by atoms with Gasteiger partial charge in [0.15, 0.2) is 0 Å². The number of nitrogens with zero attached hydrogens (tertiary/aromatic N) is 1. The fraction of sp³-hybridized carbons (Fsp3) is 0.444. The Balaban J connectivity index is 2.08. The van der Waals surface area contributed by atoms with Gasteiger partial charge in [0, 0.05) is 5.56 Å². The zero-order valence-corrected chi connectivity index (χ0v) is 13.7. The van der Waals surface area contributed by atoms with E-state index in [1.54, 1.807) is 0 Å². The SMILES string of the molecule is Cc1noc(C)c1CC(=O)NC(CC(C)C)c1ccccc1. The summed E-state index contributed by atoms with van der Waals surface area (Å²) in [4.78, 5) is 12.4. The second-order valence-corrected chi connectivity index (χ2v) is 6.14. The van der Waals surface area contributed by atoms with Gasteiger partial charge in [-0.1, -0.05) is 49.3 Å². The Morgan fingerprint density at radius 2 is 1.91 bits per heavy atom. The van der Waals surface area contributed by atoms with Crippen molar-refractivity contribution in [3.05, 3.63) is 52.9 Å². The molecule has 0 fully saturated rings. The Kier molecular flexibility index (Phi) is 5.36. The Morgan fingerprint density at radius 3 is 2.45 bits per heavy atom. The third-order valence-corrected chi connectivity index (χ3v) is 3.76. The lowest BCUT2D eigenvalue weighted by atomic mass is 9.96. The number of nitrogens with one attached hydrogen (secondary N) is 1. The van der Waals surface area contributed by atoms with Crippen molar-refractivity contribution in [2.45, 2.75) is 46.6 Å². The molecule has 22 heavy (non-hydrogen) atoms. The summed E-state index contributed by atoms with van der Waals surface area (Å²) in [5, 5.41) is 7.05. The first-order valence-corrected chi connectivity index (χ1v) is 7.73. The van der Waals surface area contributed by atoms with Crippen LogP contribution in [-0.2, 0) is 11.2 Å². The highest BCUT2D eigenvalue weighted by atomic mass is 16.5. The van der Waals surface area contributed by atoms with Gasteiger partial charge in [-0.15, -0.1) is 0 Å². The number of rotatable bonds is 6. The lowest BCUT2D eigenvalue weighted by Crippen LogP contribution is -2.31. The highest BCUT2D eigenvalue weighted by Gasteiger charge is 2.18.